The van der Waals surface area contributed by atoms with E-state index in [-0.39, 0.29) is 28.8 Å². The minimum Gasteiger partial charge on any atom is -0.508 e. The first-order chi connectivity index (χ1) is 10.9. The minimum absolute atomic E-state index is 0.172. The second-order valence-electron chi connectivity index (χ2n) is 7.61. The number of hydrogen-bond acceptors (Lipinski definition) is 3. The number of phenols is 1. The maximum atomic E-state index is 10.9. The van der Waals surface area contributed by atoms with Crippen molar-refractivity contribution in [2.24, 2.45) is 17.3 Å². The lowest BCUT2D eigenvalue weighted by Crippen LogP contribution is -2.49. The van der Waals surface area contributed by atoms with Gasteiger partial charge in [-0.3, -0.25) is 0 Å². The van der Waals surface area contributed by atoms with Gasteiger partial charge in [-0.2, -0.15) is 0 Å². The van der Waals surface area contributed by atoms with Crippen LogP contribution < -0.4 is 0 Å². The molecule has 0 aliphatic heterocycles. The monoisotopic (exact) mass is 310 g/mol. The Kier molecular flexibility index (Phi) is 2.90. The lowest BCUT2D eigenvalue weighted by Gasteiger charge is -2.50. The molecule has 3 heteroatoms. The molecule has 120 valence electrons. The molecule has 4 rings (SSSR count). The van der Waals surface area contributed by atoms with Gasteiger partial charge < -0.3 is 15.3 Å². The van der Waals surface area contributed by atoms with Crippen LogP contribution in [0.4, 0.5) is 0 Å². The van der Waals surface area contributed by atoms with Gasteiger partial charge in [-0.05, 0) is 67.2 Å². The van der Waals surface area contributed by atoms with Gasteiger partial charge in [0.2, 0.25) is 0 Å². The van der Waals surface area contributed by atoms with Gasteiger partial charge in [-0.1, -0.05) is 18.9 Å². The second kappa shape index (κ2) is 4.55. The van der Waals surface area contributed by atoms with Gasteiger partial charge in [-0.15, -0.1) is 6.42 Å². The molecule has 3 N–H and O–H groups in total. The van der Waals surface area contributed by atoms with Crippen molar-refractivity contribution in [3.8, 4) is 18.1 Å². The van der Waals surface area contributed by atoms with Crippen molar-refractivity contribution >= 4 is 5.76 Å². The Bertz CT molecular complexity index is 744. The summed E-state index contributed by atoms with van der Waals surface area (Å²) >= 11 is 0. The number of phenolic OH excluding ortho intramolecular Hbond substituents is 1. The van der Waals surface area contributed by atoms with Crippen molar-refractivity contribution in [3.05, 3.63) is 35.4 Å². The molecular weight excluding hydrogens is 288 g/mol. The van der Waals surface area contributed by atoms with E-state index in [1.54, 1.807) is 12.1 Å². The Hall–Kier alpha value is -1.92. The third-order valence-electron chi connectivity index (χ3n) is 6.79. The van der Waals surface area contributed by atoms with Crippen molar-refractivity contribution in [3.63, 3.8) is 0 Å². The van der Waals surface area contributed by atoms with E-state index >= 15 is 0 Å². The standard InChI is InChI=1S/C20H22O3/c1-3-20(23)9-7-17-15-11-18(22)16-10-12(21)4-5-13(16)14(15)6-8-19(17,20)2/h1,4-5,10-11,14-15,17,21-23H,6-9H2,2H3. The zero-order chi connectivity index (χ0) is 16.4. The number of terminal acetylenes is 1. The quantitative estimate of drug-likeness (QED) is 0.642. The molecule has 0 aromatic heterocycles. The highest BCUT2D eigenvalue weighted by atomic mass is 16.3. The first-order valence-electron chi connectivity index (χ1n) is 8.34. The van der Waals surface area contributed by atoms with Crippen LogP contribution in [0.25, 0.3) is 5.76 Å². The summed E-state index contributed by atoms with van der Waals surface area (Å²) in [6.45, 7) is 2.11. The Labute approximate surface area is 136 Å². The van der Waals surface area contributed by atoms with Crippen molar-refractivity contribution in [2.45, 2.75) is 44.1 Å². The van der Waals surface area contributed by atoms with Crippen molar-refractivity contribution in [1.29, 1.82) is 0 Å². The molecule has 0 bridgehead atoms. The van der Waals surface area contributed by atoms with Gasteiger partial charge >= 0.3 is 0 Å². The van der Waals surface area contributed by atoms with Gasteiger partial charge in [0, 0.05) is 11.0 Å². The fourth-order valence-electron chi connectivity index (χ4n) is 5.41. The number of aliphatic hydroxyl groups is 2. The summed E-state index contributed by atoms with van der Waals surface area (Å²) in [4.78, 5) is 0. The van der Waals surface area contributed by atoms with Gasteiger partial charge in [0.25, 0.3) is 0 Å². The third-order valence-corrected chi connectivity index (χ3v) is 6.79. The highest BCUT2D eigenvalue weighted by Crippen LogP contribution is 2.63. The second-order valence-corrected chi connectivity index (χ2v) is 7.61. The Morgan fingerprint density at radius 2 is 2.00 bits per heavy atom. The summed E-state index contributed by atoms with van der Waals surface area (Å²) in [6, 6.07) is 5.25. The molecule has 0 radical (unpaired) electrons. The maximum absolute atomic E-state index is 10.9. The molecule has 23 heavy (non-hydrogen) atoms. The van der Waals surface area contributed by atoms with Crippen molar-refractivity contribution < 1.29 is 15.3 Å². The zero-order valence-corrected chi connectivity index (χ0v) is 13.3. The Morgan fingerprint density at radius 3 is 2.74 bits per heavy atom. The summed E-state index contributed by atoms with van der Waals surface area (Å²) in [5.41, 5.74) is 0.501. The average Bonchev–Trinajstić information content (AvgIpc) is 2.80. The van der Waals surface area contributed by atoms with Crippen molar-refractivity contribution in [1.82, 2.24) is 0 Å². The van der Waals surface area contributed by atoms with E-state index in [0.29, 0.717) is 12.3 Å². The van der Waals surface area contributed by atoms with Gasteiger partial charge in [0.05, 0.1) is 0 Å². The molecule has 0 spiro atoms. The molecule has 3 aliphatic carbocycles. The summed E-state index contributed by atoms with van der Waals surface area (Å²) in [7, 11) is 0. The van der Waals surface area contributed by atoms with Crippen LogP contribution in [-0.2, 0) is 0 Å². The fourth-order valence-corrected chi connectivity index (χ4v) is 5.41. The lowest BCUT2D eigenvalue weighted by molar-refractivity contribution is -0.0550. The largest absolute Gasteiger partial charge is 0.508 e. The molecule has 3 nitrogen and oxygen atoms in total. The van der Waals surface area contributed by atoms with E-state index in [9.17, 15) is 15.3 Å². The fraction of sp³-hybridized carbons (Fsp3) is 0.500. The van der Waals surface area contributed by atoms with E-state index in [1.165, 1.54) is 0 Å². The summed E-state index contributed by atoms with van der Waals surface area (Å²) in [6.07, 6.45) is 10.9. The number of benzene rings is 1. The normalized spacial score (nSPS) is 41.3. The Morgan fingerprint density at radius 1 is 1.22 bits per heavy atom. The summed E-state index contributed by atoms with van der Waals surface area (Å²) < 4.78 is 0. The topological polar surface area (TPSA) is 60.7 Å². The van der Waals surface area contributed by atoms with E-state index in [0.717, 1.165) is 30.4 Å². The van der Waals surface area contributed by atoms with Crippen LogP contribution in [0.5, 0.6) is 5.75 Å². The van der Waals surface area contributed by atoms with Crippen LogP contribution in [0.1, 0.15) is 49.7 Å². The van der Waals surface area contributed by atoms with Gasteiger partial charge in [0.15, 0.2) is 0 Å². The molecular formula is C20H22O3. The number of rotatable bonds is 0. The number of allylic oxidation sites excluding steroid dienone is 1. The maximum Gasteiger partial charge on any atom is 0.130 e. The average molecular weight is 310 g/mol. The van der Waals surface area contributed by atoms with Crippen LogP contribution in [0.15, 0.2) is 24.3 Å². The van der Waals surface area contributed by atoms with Crippen molar-refractivity contribution in [2.75, 3.05) is 0 Å². The smallest absolute Gasteiger partial charge is 0.130 e. The SMILES string of the molecule is C#CC1(O)CCC2C3C=C(O)c4cc(O)ccc4C3CCC21C. The summed E-state index contributed by atoms with van der Waals surface area (Å²) in [5.74, 6) is 3.84. The third kappa shape index (κ3) is 1.76. The molecule has 5 unspecified atom stereocenters. The van der Waals surface area contributed by atoms with E-state index in [2.05, 4.69) is 12.8 Å². The highest BCUT2D eigenvalue weighted by molar-refractivity contribution is 5.67. The molecule has 0 amide bonds. The molecule has 2 saturated carbocycles. The highest BCUT2D eigenvalue weighted by Gasteiger charge is 2.61. The van der Waals surface area contributed by atoms with Crippen LogP contribution in [0.2, 0.25) is 0 Å². The van der Waals surface area contributed by atoms with Crippen LogP contribution in [0.3, 0.4) is 0 Å². The number of hydrogen-bond donors (Lipinski definition) is 3. The van der Waals surface area contributed by atoms with Crippen LogP contribution >= 0.6 is 0 Å². The molecule has 5 atom stereocenters. The number of fused-ring (bicyclic) bond motifs is 5. The number of aromatic hydroxyl groups is 1. The van der Waals surface area contributed by atoms with E-state index in [1.807, 2.05) is 12.1 Å². The zero-order valence-electron chi connectivity index (χ0n) is 13.3. The van der Waals surface area contributed by atoms with Crippen LogP contribution in [-0.4, -0.2) is 20.9 Å². The molecule has 1 aromatic carbocycles. The molecule has 1 aromatic rings. The van der Waals surface area contributed by atoms with Gasteiger partial charge in [-0.25, -0.2) is 0 Å². The molecule has 0 heterocycles. The predicted octanol–water partition coefficient (Wildman–Crippen LogP) is 3.58. The van der Waals surface area contributed by atoms with E-state index < -0.39 is 5.60 Å². The first-order valence-corrected chi connectivity index (χ1v) is 8.34. The predicted molar refractivity (Wildman–Crippen MR) is 88.8 cm³/mol. The Balaban J connectivity index is 1.80. The minimum atomic E-state index is -1.04. The molecule has 2 fully saturated rings. The van der Waals surface area contributed by atoms with E-state index in [4.69, 9.17) is 6.42 Å². The molecule has 0 saturated heterocycles. The lowest BCUT2D eigenvalue weighted by atomic mass is 9.54. The first kappa shape index (κ1) is 14.7. The molecule has 3 aliphatic rings. The number of aliphatic hydroxyl groups excluding tert-OH is 1. The summed E-state index contributed by atoms with van der Waals surface area (Å²) in [5, 5.41) is 31.1. The van der Waals surface area contributed by atoms with Gasteiger partial charge in [0.1, 0.15) is 17.1 Å². The van der Waals surface area contributed by atoms with Crippen LogP contribution in [0, 0.1) is 29.6 Å².